The van der Waals surface area contributed by atoms with E-state index in [0.717, 1.165) is 11.0 Å². The third-order valence-corrected chi connectivity index (χ3v) is 3.13. The largest absolute Gasteiger partial charge is 0.333 e. The van der Waals surface area contributed by atoms with Crippen LogP contribution in [-0.4, -0.2) is 25.8 Å². The van der Waals surface area contributed by atoms with Gasteiger partial charge in [-0.2, -0.15) is 0 Å². The Morgan fingerprint density at radius 2 is 2.05 bits per heavy atom. The third-order valence-electron chi connectivity index (χ3n) is 3.13. The highest BCUT2D eigenvalue weighted by molar-refractivity contribution is 5.94. The van der Waals surface area contributed by atoms with Crippen LogP contribution in [0.2, 0.25) is 0 Å². The number of hydrogen-bond donors (Lipinski definition) is 1. The predicted octanol–water partition coefficient (Wildman–Crippen LogP) is 1.73. The van der Waals surface area contributed by atoms with E-state index >= 15 is 0 Å². The lowest BCUT2D eigenvalue weighted by Gasteiger charge is -2.05. The van der Waals surface area contributed by atoms with E-state index in [1.54, 1.807) is 4.68 Å². The summed E-state index contributed by atoms with van der Waals surface area (Å²) in [6, 6.07) is 12.9. The molecule has 110 valence electrons. The van der Waals surface area contributed by atoms with Crippen molar-refractivity contribution in [2.75, 3.05) is 0 Å². The average Bonchev–Trinajstić information content (AvgIpc) is 2.96. The Hall–Kier alpha value is -3.29. The Morgan fingerprint density at radius 3 is 2.86 bits per heavy atom. The standard InChI is InChI=1S/C14H11N5O3/c20-14(10-4-3-5-11(8-10)19(21)22)15-9-18-13-7-2-1-6-12(13)16-17-18/h1-8H,9H2,(H,15,20). The molecule has 8 heteroatoms. The zero-order valence-electron chi connectivity index (χ0n) is 11.3. The second-order valence-electron chi connectivity index (χ2n) is 4.55. The van der Waals surface area contributed by atoms with Gasteiger partial charge < -0.3 is 5.32 Å². The summed E-state index contributed by atoms with van der Waals surface area (Å²) in [5.74, 6) is -0.414. The van der Waals surface area contributed by atoms with E-state index in [1.807, 2.05) is 24.3 Å². The molecule has 0 aliphatic rings. The maximum absolute atomic E-state index is 12.1. The molecule has 0 saturated carbocycles. The molecule has 1 aromatic heterocycles. The fourth-order valence-corrected chi connectivity index (χ4v) is 2.04. The molecule has 0 saturated heterocycles. The number of benzene rings is 2. The van der Waals surface area contributed by atoms with Crippen molar-refractivity contribution < 1.29 is 9.72 Å². The molecule has 0 unspecified atom stereocenters. The molecule has 1 heterocycles. The van der Waals surface area contributed by atoms with E-state index in [1.165, 1.54) is 24.3 Å². The van der Waals surface area contributed by atoms with Crippen molar-refractivity contribution in [1.82, 2.24) is 20.3 Å². The molecule has 0 aliphatic carbocycles. The minimum atomic E-state index is -0.540. The molecule has 0 fully saturated rings. The van der Waals surface area contributed by atoms with E-state index in [-0.39, 0.29) is 17.9 Å². The molecule has 3 aromatic rings. The maximum Gasteiger partial charge on any atom is 0.270 e. The molecule has 0 atom stereocenters. The number of aromatic nitrogens is 3. The number of carbonyl (C=O) groups is 1. The van der Waals surface area contributed by atoms with Gasteiger partial charge in [0, 0.05) is 17.7 Å². The van der Waals surface area contributed by atoms with Gasteiger partial charge in [-0.15, -0.1) is 5.10 Å². The lowest BCUT2D eigenvalue weighted by atomic mass is 10.2. The molecule has 2 aromatic carbocycles. The van der Waals surface area contributed by atoms with Gasteiger partial charge >= 0.3 is 0 Å². The second kappa shape index (κ2) is 5.60. The second-order valence-corrected chi connectivity index (χ2v) is 4.55. The zero-order valence-corrected chi connectivity index (χ0v) is 11.3. The van der Waals surface area contributed by atoms with Crippen LogP contribution in [0.5, 0.6) is 0 Å². The Morgan fingerprint density at radius 1 is 1.23 bits per heavy atom. The number of non-ortho nitro benzene ring substituents is 1. The van der Waals surface area contributed by atoms with Crippen molar-refractivity contribution >= 4 is 22.6 Å². The van der Waals surface area contributed by atoms with Gasteiger partial charge in [0.25, 0.3) is 11.6 Å². The lowest BCUT2D eigenvalue weighted by Crippen LogP contribution is -2.26. The number of para-hydroxylation sites is 1. The highest BCUT2D eigenvalue weighted by atomic mass is 16.6. The number of fused-ring (bicyclic) bond motifs is 1. The molecule has 8 nitrogen and oxygen atoms in total. The number of nitro benzene ring substituents is 1. The number of nitrogens with zero attached hydrogens (tertiary/aromatic N) is 4. The summed E-state index contributed by atoms with van der Waals surface area (Å²) < 4.78 is 1.55. The monoisotopic (exact) mass is 297 g/mol. The van der Waals surface area contributed by atoms with Gasteiger partial charge in [-0.05, 0) is 18.2 Å². The van der Waals surface area contributed by atoms with Gasteiger partial charge in [-0.1, -0.05) is 23.4 Å². The number of carbonyl (C=O) groups excluding carboxylic acids is 1. The SMILES string of the molecule is O=C(NCn1nnc2ccccc21)c1cccc([N+](=O)[O-])c1. The van der Waals surface area contributed by atoms with E-state index < -0.39 is 10.8 Å². The average molecular weight is 297 g/mol. The first kappa shape index (κ1) is 13.7. The van der Waals surface area contributed by atoms with Crippen LogP contribution in [0.1, 0.15) is 10.4 Å². The number of nitrogens with one attached hydrogen (secondary N) is 1. The van der Waals surface area contributed by atoms with Crippen molar-refractivity contribution in [2.24, 2.45) is 0 Å². The first-order valence-corrected chi connectivity index (χ1v) is 6.46. The summed E-state index contributed by atoms with van der Waals surface area (Å²) in [5, 5.41) is 21.3. The quantitative estimate of drug-likeness (QED) is 0.583. The van der Waals surface area contributed by atoms with Crippen LogP contribution in [0.15, 0.2) is 48.5 Å². The molecule has 3 rings (SSSR count). The van der Waals surface area contributed by atoms with Gasteiger partial charge in [-0.3, -0.25) is 14.9 Å². The van der Waals surface area contributed by atoms with Crippen molar-refractivity contribution in [2.45, 2.75) is 6.67 Å². The summed E-state index contributed by atoms with van der Waals surface area (Å²) in [4.78, 5) is 22.2. The van der Waals surface area contributed by atoms with E-state index in [0.29, 0.717) is 0 Å². The van der Waals surface area contributed by atoms with E-state index in [4.69, 9.17) is 0 Å². The number of amides is 1. The lowest BCUT2D eigenvalue weighted by molar-refractivity contribution is -0.384. The van der Waals surface area contributed by atoms with Crippen molar-refractivity contribution in [3.8, 4) is 0 Å². The minimum Gasteiger partial charge on any atom is -0.333 e. The Kier molecular flexibility index (Phi) is 3.48. The smallest absolute Gasteiger partial charge is 0.270 e. The fraction of sp³-hybridized carbons (Fsp3) is 0.0714. The number of nitro groups is 1. The maximum atomic E-state index is 12.1. The van der Waals surface area contributed by atoms with Gasteiger partial charge in [0.2, 0.25) is 0 Å². The van der Waals surface area contributed by atoms with Crippen molar-refractivity contribution in [3.05, 3.63) is 64.2 Å². The van der Waals surface area contributed by atoms with Crippen molar-refractivity contribution in [3.63, 3.8) is 0 Å². The predicted molar refractivity (Wildman–Crippen MR) is 78.1 cm³/mol. The molecule has 1 amide bonds. The first-order valence-electron chi connectivity index (χ1n) is 6.46. The summed E-state index contributed by atoms with van der Waals surface area (Å²) in [6.07, 6.45) is 0. The van der Waals surface area contributed by atoms with Crippen LogP contribution in [-0.2, 0) is 6.67 Å². The Bertz CT molecular complexity index is 858. The van der Waals surface area contributed by atoms with Crippen LogP contribution < -0.4 is 5.32 Å². The molecular formula is C14H11N5O3. The summed E-state index contributed by atoms with van der Waals surface area (Å²) in [5.41, 5.74) is 1.62. The Balaban J connectivity index is 1.75. The summed E-state index contributed by atoms with van der Waals surface area (Å²) >= 11 is 0. The van der Waals surface area contributed by atoms with E-state index in [9.17, 15) is 14.9 Å². The first-order chi connectivity index (χ1) is 10.6. The van der Waals surface area contributed by atoms with Crippen LogP contribution in [0, 0.1) is 10.1 Å². The van der Waals surface area contributed by atoms with Crippen molar-refractivity contribution in [1.29, 1.82) is 0 Å². The Labute approximate surface area is 124 Å². The molecule has 0 bridgehead atoms. The topological polar surface area (TPSA) is 103 Å². The van der Waals surface area contributed by atoms with Gasteiger partial charge in [0.15, 0.2) is 0 Å². The molecule has 0 radical (unpaired) electrons. The van der Waals surface area contributed by atoms with E-state index in [2.05, 4.69) is 15.6 Å². The number of hydrogen-bond acceptors (Lipinski definition) is 5. The van der Waals surface area contributed by atoms with Gasteiger partial charge in [0.05, 0.1) is 10.4 Å². The third kappa shape index (κ3) is 2.62. The summed E-state index contributed by atoms with van der Waals surface area (Å²) in [7, 11) is 0. The van der Waals surface area contributed by atoms with Gasteiger partial charge in [-0.25, -0.2) is 4.68 Å². The highest BCUT2D eigenvalue weighted by Crippen LogP contribution is 2.13. The molecule has 22 heavy (non-hydrogen) atoms. The summed E-state index contributed by atoms with van der Waals surface area (Å²) in [6.45, 7) is 0.127. The zero-order chi connectivity index (χ0) is 15.5. The molecule has 1 N–H and O–H groups in total. The van der Waals surface area contributed by atoms with Crippen LogP contribution >= 0.6 is 0 Å². The normalized spacial score (nSPS) is 10.5. The number of rotatable bonds is 4. The molecule has 0 aliphatic heterocycles. The molecular weight excluding hydrogens is 286 g/mol. The van der Waals surface area contributed by atoms with Crippen LogP contribution in [0.4, 0.5) is 5.69 Å². The highest BCUT2D eigenvalue weighted by Gasteiger charge is 2.12. The fourth-order valence-electron chi connectivity index (χ4n) is 2.04. The molecule has 0 spiro atoms. The van der Waals surface area contributed by atoms with Crippen LogP contribution in [0.25, 0.3) is 11.0 Å². The van der Waals surface area contributed by atoms with Gasteiger partial charge in [0.1, 0.15) is 12.2 Å². The van der Waals surface area contributed by atoms with Crippen LogP contribution in [0.3, 0.4) is 0 Å². The minimum absolute atomic E-state index is 0.126.